The minimum atomic E-state index is -0.698. The van der Waals surface area contributed by atoms with Crippen LogP contribution in [-0.4, -0.2) is 34.0 Å². The highest BCUT2D eigenvalue weighted by Gasteiger charge is 2.40. The fourth-order valence-electron chi connectivity index (χ4n) is 2.90. The molecule has 1 aromatic heterocycles. The van der Waals surface area contributed by atoms with E-state index in [0.717, 1.165) is 29.6 Å². The van der Waals surface area contributed by atoms with Crippen LogP contribution in [0.3, 0.4) is 0 Å². The van der Waals surface area contributed by atoms with Crippen molar-refractivity contribution in [3.8, 4) is 0 Å². The Morgan fingerprint density at radius 3 is 2.95 bits per heavy atom. The minimum absolute atomic E-state index is 0.603. The Balaban J connectivity index is 1.83. The lowest BCUT2D eigenvalue weighted by Crippen LogP contribution is -2.31. The Morgan fingerprint density at radius 1 is 1.40 bits per heavy atom. The van der Waals surface area contributed by atoms with E-state index < -0.39 is 11.4 Å². The number of likely N-dealkylation sites (tertiary alicyclic amines) is 1. The van der Waals surface area contributed by atoms with Crippen molar-refractivity contribution in [1.29, 1.82) is 0 Å². The van der Waals surface area contributed by atoms with E-state index >= 15 is 0 Å². The summed E-state index contributed by atoms with van der Waals surface area (Å²) in [6.07, 6.45) is 2.51. The number of hydrogen-bond acceptors (Lipinski definition) is 3. The van der Waals surface area contributed by atoms with Gasteiger partial charge in [-0.1, -0.05) is 24.3 Å². The van der Waals surface area contributed by atoms with Gasteiger partial charge in [-0.05, 0) is 31.5 Å². The predicted molar refractivity (Wildman–Crippen MR) is 77.4 cm³/mol. The number of pyridine rings is 1. The number of aliphatic carboxylic acids is 1. The summed E-state index contributed by atoms with van der Waals surface area (Å²) in [5.41, 5.74) is 1.56. The van der Waals surface area contributed by atoms with E-state index in [4.69, 9.17) is 0 Å². The zero-order chi connectivity index (χ0) is 14.2. The average Bonchev–Trinajstić information content (AvgIpc) is 2.82. The molecule has 0 amide bonds. The fourth-order valence-corrected chi connectivity index (χ4v) is 2.90. The number of aromatic nitrogens is 1. The minimum Gasteiger partial charge on any atom is -0.481 e. The maximum Gasteiger partial charge on any atom is 0.310 e. The van der Waals surface area contributed by atoms with Crippen LogP contribution in [0, 0.1) is 5.41 Å². The first-order chi connectivity index (χ1) is 9.58. The monoisotopic (exact) mass is 270 g/mol. The molecule has 1 aromatic carbocycles. The Hall–Kier alpha value is -1.94. The van der Waals surface area contributed by atoms with E-state index in [1.807, 2.05) is 19.1 Å². The zero-order valence-electron chi connectivity index (χ0n) is 11.5. The number of fused-ring (bicyclic) bond motifs is 1. The predicted octanol–water partition coefficient (Wildman–Crippen LogP) is 2.53. The molecule has 2 aromatic rings. The highest BCUT2D eigenvalue weighted by molar-refractivity contribution is 5.81. The third-order valence-corrected chi connectivity index (χ3v) is 4.18. The molecule has 0 aliphatic carbocycles. The molecule has 0 saturated carbocycles. The molecule has 1 unspecified atom stereocenters. The van der Waals surface area contributed by atoms with E-state index in [9.17, 15) is 9.90 Å². The number of carboxylic acids is 1. The first-order valence-corrected chi connectivity index (χ1v) is 6.87. The van der Waals surface area contributed by atoms with Crippen molar-refractivity contribution >= 4 is 16.9 Å². The average molecular weight is 270 g/mol. The molecule has 0 bridgehead atoms. The molecule has 1 fully saturated rings. The molecule has 0 spiro atoms. The number of carbonyl (C=O) groups is 1. The molecule has 1 aliphatic heterocycles. The SMILES string of the molecule is CC1(C(=O)O)CCN(Cc2cccc3cccnc23)C1. The molecule has 3 rings (SSSR count). The summed E-state index contributed by atoms with van der Waals surface area (Å²) in [6.45, 7) is 4.02. The normalized spacial score (nSPS) is 23.2. The van der Waals surface area contributed by atoms with Gasteiger partial charge in [0.1, 0.15) is 0 Å². The molecule has 1 saturated heterocycles. The van der Waals surface area contributed by atoms with Gasteiger partial charge in [-0.15, -0.1) is 0 Å². The third kappa shape index (κ3) is 2.27. The van der Waals surface area contributed by atoms with Crippen molar-refractivity contribution in [2.45, 2.75) is 19.9 Å². The molecule has 4 nitrogen and oxygen atoms in total. The van der Waals surface area contributed by atoms with E-state index in [1.54, 1.807) is 6.20 Å². The van der Waals surface area contributed by atoms with Crippen molar-refractivity contribution in [3.05, 3.63) is 42.1 Å². The van der Waals surface area contributed by atoms with Crippen LogP contribution < -0.4 is 0 Å². The molecule has 2 heterocycles. The zero-order valence-corrected chi connectivity index (χ0v) is 11.5. The molecule has 104 valence electrons. The first-order valence-electron chi connectivity index (χ1n) is 6.87. The van der Waals surface area contributed by atoms with Gasteiger partial charge in [0, 0.05) is 24.7 Å². The smallest absolute Gasteiger partial charge is 0.310 e. The quantitative estimate of drug-likeness (QED) is 0.931. The second kappa shape index (κ2) is 4.87. The number of para-hydroxylation sites is 1. The lowest BCUT2D eigenvalue weighted by Gasteiger charge is -2.20. The van der Waals surface area contributed by atoms with Crippen LogP contribution in [-0.2, 0) is 11.3 Å². The van der Waals surface area contributed by atoms with Crippen LogP contribution >= 0.6 is 0 Å². The van der Waals surface area contributed by atoms with Crippen LogP contribution in [0.1, 0.15) is 18.9 Å². The van der Waals surface area contributed by atoms with Crippen LogP contribution in [0.5, 0.6) is 0 Å². The summed E-state index contributed by atoms with van der Waals surface area (Å²) in [7, 11) is 0. The molecule has 1 atom stereocenters. The summed E-state index contributed by atoms with van der Waals surface area (Å²) in [5, 5.41) is 10.4. The van der Waals surface area contributed by atoms with Crippen molar-refractivity contribution in [1.82, 2.24) is 9.88 Å². The van der Waals surface area contributed by atoms with Gasteiger partial charge < -0.3 is 5.11 Å². The highest BCUT2D eigenvalue weighted by atomic mass is 16.4. The van der Waals surface area contributed by atoms with Crippen molar-refractivity contribution < 1.29 is 9.90 Å². The van der Waals surface area contributed by atoms with Gasteiger partial charge in [0.25, 0.3) is 0 Å². The summed E-state index contributed by atoms with van der Waals surface area (Å²) >= 11 is 0. The molecular weight excluding hydrogens is 252 g/mol. The van der Waals surface area contributed by atoms with Gasteiger partial charge in [-0.2, -0.15) is 0 Å². The third-order valence-electron chi connectivity index (χ3n) is 4.18. The van der Waals surface area contributed by atoms with Gasteiger partial charge in [0.15, 0.2) is 0 Å². The van der Waals surface area contributed by atoms with Gasteiger partial charge in [0.05, 0.1) is 10.9 Å². The maximum atomic E-state index is 11.3. The molecule has 1 N–H and O–H groups in total. The van der Waals surface area contributed by atoms with E-state index in [-0.39, 0.29) is 0 Å². The lowest BCUT2D eigenvalue weighted by molar-refractivity contribution is -0.147. The van der Waals surface area contributed by atoms with Gasteiger partial charge in [0.2, 0.25) is 0 Å². The van der Waals surface area contributed by atoms with Crippen molar-refractivity contribution in [3.63, 3.8) is 0 Å². The number of rotatable bonds is 3. The number of hydrogen-bond donors (Lipinski definition) is 1. The van der Waals surface area contributed by atoms with E-state index in [1.165, 1.54) is 0 Å². The number of benzene rings is 1. The van der Waals surface area contributed by atoms with E-state index in [2.05, 4.69) is 28.1 Å². The standard InChI is InChI=1S/C16H18N2O2/c1-16(15(19)20)7-9-18(11-16)10-13-5-2-4-12-6-3-8-17-14(12)13/h2-6,8H,7,9-11H2,1H3,(H,19,20). The molecule has 0 radical (unpaired) electrons. The second-order valence-electron chi connectivity index (χ2n) is 5.82. The Bertz CT molecular complexity index is 650. The van der Waals surface area contributed by atoms with Crippen LogP contribution in [0.2, 0.25) is 0 Å². The first kappa shape index (κ1) is 13.1. The van der Waals surface area contributed by atoms with Gasteiger partial charge in [-0.25, -0.2) is 0 Å². The van der Waals surface area contributed by atoms with Gasteiger partial charge >= 0.3 is 5.97 Å². The van der Waals surface area contributed by atoms with E-state index in [0.29, 0.717) is 13.0 Å². The van der Waals surface area contributed by atoms with Crippen LogP contribution in [0.25, 0.3) is 10.9 Å². The van der Waals surface area contributed by atoms with Crippen molar-refractivity contribution in [2.24, 2.45) is 5.41 Å². The number of nitrogens with zero attached hydrogens (tertiary/aromatic N) is 2. The van der Waals surface area contributed by atoms with Gasteiger partial charge in [-0.3, -0.25) is 14.7 Å². The molecular formula is C16H18N2O2. The Kier molecular flexibility index (Phi) is 3.18. The summed E-state index contributed by atoms with van der Waals surface area (Å²) < 4.78 is 0. The summed E-state index contributed by atoms with van der Waals surface area (Å²) in [4.78, 5) is 18.0. The summed E-state index contributed by atoms with van der Waals surface area (Å²) in [5.74, 6) is -0.698. The van der Waals surface area contributed by atoms with Crippen LogP contribution in [0.4, 0.5) is 0 Å². The Labute approximate surface area is 118 Å². The lowest BCUT2D eigenvalue weighted by atomic mass is 9.90. The van der Waals surface area contributed by atoms with Crippen LogP contribution in [0.15, 0.2) is 36.5 Å². The highest BCUT2D eigenvalue weighted by Crippen LogP contribution is 2.31. The number of carboxylic acid groups (broad SMARTS) is 1. The largest absolute Gasteiger partial charge is 0.481 e. The second-order valence-corrected chi connectivity index (χ2v) is 5.82. The fraction of sp³-hybridized carbons (Fsp3) is 0.375. The Morgan fingerprint density at radius 2 is 2.20 bits per heavy atom. The molecule has 1 aliphatic rings. The topological polar surface area (TPSA) is 53.4 Å². The van der Waals surface area contributed by atoms with Crippen molar-refractivity contribution in [2.75, 3.05) is 13.1 Å². The summed E-state index contributed by atoms with van der Waals surface area (Å²) in [6, 6.07) is 10.1. The molecule has 20 heavy (non-hydrogen) atoms. The molecule has 4 heteroatoms. The maximum absolute atomic E-state index is 11.3.